The molecule has 0 aliphatic rings. The molecule has 5 heteroatoms. The van der Waals surface area contributed by atoms with E-state index in [-0.39, 0.29) is 29.8 Å². The van der Waals surface area contributed by atoms with Crippen LogP contribution in [0.4, 0.5) is 4.39 Å². The molecule has 0 spiro atoms. The molecule has 0 bridgehead atoms. The van der Waals surface area contributed by atoms with Gasteiger partial charge in [-0.05, 0) is 36.8 Å². The van der Waals surface area contributed by atoms with Gasteiger partial charge in [0.25, 0.3) is 5.91 Å². The first kappa shape index (κ1) is 16.6. The first-order valence-electron chi connectivity index (χ1n) is 7.77. The van der Waals surface area contributed by atoms with Gasteiger partial charge in [0.2, 0.25) is 0 Å². The number of furan rings is 1. The first-order valence-corrected chi connectivity index (χ1v) is 7.77. The van der Waals surface area contributed by atoms with E-state index in [1.165, 1.54) is 19.1 Å². The van der Waals surface area contributed by atoms with Crippen LogP contribution in [-0.2, 0) is 6.54 Å². The standard InChI is InChI=1S/C20H16FNO3/c1-13(23)15-4-6-16(7-5-15)18-10-11-19(25-18)20(24)22-12-14-2-8-17(21)9-3-14/h2-11H,12H2,1H3,(H,22,24). The van der Waals surface area contributed by atoms with Crippen molar-refractivity contribution in [3.8, 4) is 11.3 Å². The molecule has 25 heavy (non-hydrogen) atoms. The number of amides is 1. The maximum atomic E-state index is 12.9. The van der Waals surface area contributed by atoms with Gasteiger partial charge < -0.3 is 9.73 Å². The minimum absolute atomic E-state index is 0.00754. The van der Waals surface area contributed by atoms with E-state index in [0.717, 1.165) is 11.1 Å². The molecule has 3 rings (SSSR count). The summed E-state index contributed by atoms with van der Waals surface area (Å²) in [6.07, 6.45) is 0. The van der Waals surface area contributed by atoms with Gasteiger partial charge in [-0.1, -0.05) is 36.4 Å². The molecule has 0 atom stereocenters. The highest BCUT2D eigenvalue weighted by atomic mass is 19.1. The second kappa shape index (κ2) is 7.13. The van der Waals surface area contributed by atoms with Crippen molar-refractivity contribution < 1.29 is 18.4 Å². The Balaban J connectivity index is 1.66. The maximum Gasteiger partial charge on any atom is 0.287 e. The summed E-state index contributed by atoms with van der Waals surface area (Å²) in [6.45, 7) is 1.79. The molecule has 0 aliphatic carbocycles. The van der Waals surface area contributed by atoms with Gasteiger partial charge in [0.05, 0.1) is 0 Å². The molecule has 1 heterocycles. The number of nitrogens with one attached hydrogen (secondary N) is 1. The predicted molar refractivity (Wildman–Crippen MR) is 91.7 cm³/mol. The highest BCUT2D eigenvalue weighted by Crippen LogP contribution is 2.22. The summed E-state index contributed by atoms with van der Waals surface area (Å²) in [5.74, 6) is 0.0547. The minimum atomic E-state index is -0.351. The van der Waals surface area contributed by atoms with Crippen LogP contribution >= 0.6 is 0 Å². The zero-order valence-electron chi connectivity index (χ0n) is 13.6. The summed E-state index contributed by atoms with van der Waals surface area (Å²) < 4.78 is 18.4. The Morgan fingerprint density at radius 1 is 0.960 bits per heavy atom. The summed E-state index contributed by atoms with van der Waals surface area (Å²) >= 11 is 0. The number of ketones is 1. The topological polar surface area (TPSA) is 59.3 Å². The van der Waals surface area contributed by atoms with Crippen LogP contribution in [0.5, 0.6) is 0 Å². The highest BCUT2D eigenvalue weighted by molar-refractivity contribution is 5.94. The third kappa shape index (κ3) is 4.01. The first-order chi connectivity index (χ1) is 12.0. The summed E-state index contributed by atoms with van der Waals surface area (Å²) in [5, 5.41) is 2.72. The average molecular weight is 337 g/mol. The number of hydrogen-bond donors (Lipinski definition) is 1. The number of Topliss-reactive ketones (excluding diaryl/α,β-unsaturated/α-hetero) is 1. The van der Waals surface area contributed by atoms with Crippen LogP contribution in [-0.4, -0.2) is 11.7 Å². The van der Waals surface area contributed by atoms with E-state index in [9.17, 15) is 14.0 Å². The second-order valence-corrected chi connectivity index (χ2v) is 5.61. The molecule has 0 unspecified atom stereocenters. The molecule has 4 nitrogen and oxygen atoms in total. The van der Waals surface area contributed by atoms with E-state index < -0.39 is 0 Å². The molecule has 1 N–H and O–H groups in total. The van der Waals surface area contributed by atoms with E-state index >= 15 is 0 Å². The SMILES string of the molecule is CC(=O)c1ccc(-c2ccc(C(=O)NCc3ccc(F)cc3)o2)cc1. The molecule has 126 valence electrons. The molecule has 2 aromatic carbocycles. The van der Waals surface area contributed by atoms with E-state index in [1.54, 1.807) is 48.5 Å². The Hall–Kier alpha value is -3.21. The van der Waals surface area contributed by atoms with Crippen LogP contribution in [0, 0.1) is 5.82 Å². The van der Waals surface area contributed by atoms with Gasteiger partial charge in [-0.3, -0.25) is 9.59 Å². The van der Waals surface area contributed by atoms with Crippen molar-refractivity contribution in [3.63, 3.8) is 0 Å². The summed E-state index contributed by atoms with van der Waals surface area (Å²) in [7, 11) is 0. The highest BCUT2D eigenvalue weighted by Gasteiger charge is 2.12. The van der Waals surface area contributed by atoms with Crippen molar-refractivity contribution in [2.24, 2.45) is 0 Å². The van der Waals surface area contributed by atoms with Crippen LogP contribution in [0.1, 0.15) is 33.4 Å². The molecule has 0 saturated carbocycles. The summed E-state index contributed by atoms with van der Waals surface area (Å²) in [4.78, 5) is 23.4. The Labute approximate surface area is 144 Å². The van der Waals surface area contributed by atoms with Gasteiger partial charge in [-0.25, -0.2) is 4.39 Å². The number of rotatable bonds is 5. The van der Waals surface area contributed by atoms with Gasteiger partial charge >= 0.3 is 0 Å². The van der Waals surface area contributed by atoms with Crippen LogP contribution in [0.3, 0.4) is 0 Å². The van der Waals surface area contributed by atoms with Crippen molar-refractivity contribution in [1.82, 2.24) is 5.32 Å². The van der Waals surface area contributed by atoms with Crippen LogP contribution in [0.15, 0.2) is 65.1 Å². The number of benzene rings is 2. The maximum absolute atomic E-state index is 12.9. The van der Waals surface area contributed by atoms with E-state index in [0.29, 0.717) is 11.3 Å². The summed E-state index contributed by atoms with van der Waals surface area (Å²) in [5.41, 5.74) is 2.19. The molecular formula is C20H16FNO3. The van der Waals surface area contributed by atoms with E-state index in [2.05, 4.69) is 5.32 Å². The van der Waals surface area contributed by atoms with Gasteiger partial charge in [0.15, 0.2) is 11.5 Å². The largest absolute Gasteiger partial charge is 0.451 e. The smallest absolute Gasteiger partial charge is 0.287 e. The Morgan fingerprint density at radius 2 is 1.64 bits per heavy atom. The lowest BCUT2D eigenvalue weighted by molar-refractivity contribution is 0.0923. The van der Waals surface area contributed by atoms with Crippen molar-refractivity contribution in [3.05, 3.63) is 83.4 Å². The zero-order valence-corrected chi connectivity index (χ0v) is 13.6. The van der Waals surface area contributed by atoms with Gasteiger partial charge in [0.1, 0.15) is 11.6 Å². The third-order valence-corrected chi connectivity index (χ3v) is 3.77. The van der Waals surface area contributed by atoms with Crippen LogP contribution in [0.2, 0.25) is 0 Å². The normalized spacial score (nSPS) is 10.5. The number of carbonyl (C=O) groups excluding carboxylic acids is 2. The lowest BCUT2D eigenvalue weighted by Gasteiger charge is -2.03. The number of carbonyl (C=O) groups is 2. The number of halogens is 1. The van der Waals surface area contributed by atoms with Crippen LogP contribution < -0.4 is 5.32 Å². The van der Waals surface area contributed by atoms with Crippen molar-refractivity contribution in [2.45, 2.75) is 13.5 Å². The molecule has 0 fully saturated rings. The molecule has 1 aromatic heterocycles. The molecule has 0 saturated heterocycles. The second-order valence-electron chi connectivity index (χ2n) is 5.61. The minimum Gasteiger partial charge on any atom is -0.451 e. The molecule has 3 aromatic rings. The molecule has 1 amide bonds. The molecule has 0 radical (unpaired) electrons. The fourth-order valence-corrected chi connectivity index (χ4v) is 2.36. The lowest BCUT2D eigenvalue weighted by Crippen LogP contribution is -2.22. The average Bonchev–Trinajstić information content (AvgIpc) is 3.11. The monoisotopic (exact) mass is 337 g/mol. The van der Waals surface area contributed by atoms with Crippen molar-refractivity contribution in [1.29, 1.82) is 0 Å². The number of hydrogen-bond acceptors (Lipinski definition) is 3. The molecular weight excluding hydrogens is 321 g/mol. The van der Waals surface area contributed by atoms with E-state index in [4.69, 9.17) is 4.42 Å². The predicted octanol–water partition coefficient (Wildman–Crippen LogP) is 4.22. The third-order valence-electron chi connectivity index (χ3n) is 3.77. The van der Waals surface area contributed by atoms with Gasteiger partial charge in [-0.15, -0.1) is 0 Å². The van der Waals surface area contributed by atoms with Gasteiger partial charge in [0, 0.05) is 17.7 Å². The van der Waals surface area contributed by atoms with Crippen LogP contribution in [0.25, 0.3) is 11.3 Å². The fraction of sp³-hybridized carbons (Fsp3) is 0.100. The Bertz CT molecular complexity index is 895. The molecule has 0 aliphatic heterocycles. The van der Waals surface area contributed by atoms with Crippen molar-refractivity contribution >= 4 is 11.7 Å². The lowest BCUT2D eigenvalue weighted by atomic mass is 10.1. The van der Waals surface area contributed by atoms with Crippen molar-refractivity contribution in [2.75, 3.05) is 0 Å². The van der Waals surface area contributed by atoms with E-state index in [1.807, 2.05) is 0 Å². The Morgan fingerprint density at radius 3 is 2.28 bits per heavy atom. The van der Waals surface area contributed by atoms with Gasteiger partial charge in [-0.2, -0.15) is 0 Å². The fourth-order valence-electron chi connectivity index (χ4n) is 2.36. The zero-order chi connectivity index (χ0) is 17.8. The quantitative estimate of drug-likeness (QED) is 0.709. The summed E-state index contributed by atoms with van der Waals surface area (Å²) in [6, 6.07) is 16.2. The Kier molecular flexibility index (Phi) is 4.75.